The molecule has 0 bridgehead atoms. The Kier molecular flexibility index (Phi) is 8.27. The third kappa shape index (κ3) is 6.19. The maximum absolute atomic E-state index is 12.7. The first kappa shape index (κ1) is 26.0. The summed E-state index contributed by atoms with van der Waals surface area (Å²) >= 11 is 1.43. The molecule has 1 aromatic heterocycles. The van der Waals surface area contributed by atoms with Crippen molar-refractivity contribution < 1.29 is 9.53 Å². The van der Waals surface area contributed by atoms with Gasteiger partial charge in [0.2, 0.25) is 5.91 Å². The number of pyridine rings is 1. The van der Waals surface area contributed by atoms with Gasteiger partial charge in [0.05, 0.1) is 18.4 Å². The van der Waals surface area contributed by atoms with E-state index in [-0.39, 0.29) is 5.91 Å². The van der Waals surface area contributed by atoms with Gasteiger partial charge in [0.25, 0.3) is 0 Å². The summed E-state index contributed by atoms with van der Waals surface area (Å²) in [6.07, 6.45) is 0.303. The number of nitrogens with zero attached hydrogens (tertiary/aromatic N) is 2. The van der Waals surface area contributed by atoms with Crippen LogP contribution in [-0.2, 0) is 4.79 Å². The van der Waals surface area contributed by atoms with Crippen LogP contribution in [0, 0.1) is 32.1 Å². The number of carbonyl (C=O) groups is 1. The van der Waals surface area contributed by atoms with Gasteiger partial charge in [-0.05, 0) is 73.9 Å². The minimum atomic E-state index is -0.0650. The molecule has 0 atom stereocenters. The smallest absolute Gasteiger partial charge is 0.225 e. The summed E-state index contributed by atoms with van der Waals surface area (Å²) in [5.74, 6) is 1.20. The maximum Gasteiger partial charge on any atom is 0.225 e. The van der Waals surface area contributed by atoms with E-state index < -0.39 is 0 Å². The second-order valence-electron chi connectivity index (χ2n) is 8.84. The van der Waals surface area contributed by atoms with Gasteiger partial charge >= 0.3 is 0 Å². The average Bonchev–Trinajstić information content (AvgIpc) is 2.91. The molecule has 6 heteroatoms. The first-order chi connectivity index (χ1) is 17.9. The topological polar surface area (TPSA) is 75.0 Å². The molecule has 3 aromatic carbocycles. The Hall–Kier alpha value is -4.08. The number of hydrogen-bond acceptors (Lipinski definition) is 5. The fourth-order valence-corrected chi connectivity index (χ4v) is 4.89. The molecule has 0 aliphatic heterocycles. The van der Waals surface area contributed by atoms with E-state index in [1.54, 1.807) is 7.11 Å². The van der Waals surface area contributed by atoms with Crippen molar-refractivity contribution in [3.8, 4) is 34.2 Å². The van der Waals surface area contributed by atoms with Gasteiger partial charge < -0.3 is 10.1 Å². The van der Waals surface area contributed by atoms with E-state index in [1.807, 2.05) is 93.6 Å². The molecule has 37 heavy (non-hydrogen) atoms. The van der Waals surface area contributed by atoms with Gasteiger partial charge in [0, 0.05) is 29.0 Å². The monoisotopic (exact) mass is 507 g/mol. The van der Waals surface area contributed by atoms with Crippen molar-refractivity contribution in [2.45, 2.75) is 32.2 Å². The van der Waals surface area contributed by atoms with Crippen LogP contribution in [0.1, 0.15) is 28.7 Å². The van der Waals surface area contributed by atoms with Crippen molar-refractivity contribution in [2.75, 3.05) is 18.2 Å². The third-order valence-electron chi connectivity index (χ3n) is 6.29. The van der Waals surface area contributed by atoms with E-state index in [1.165, 1.54) is 11.8 Å². The number of carbonyl (C=O) groups excluding carboxylic acids is 1. The van der Waals surface area contributed by atoms with Crippen molar-refractivity contribution in [3.63, 3.8) is 0 Å². The van der Waals surface area contributed by atoms with Gasteiger partial charge in [-0.15, -0.1) is 11.8 Å². The van der Waals surface area contributed by atoms with Crippen molar-refractivity contribution >= 4 is 23.4 Å². The van der Waals surface area contributed by atoms with Crippen molar-refractivity contribution in [1.82, 2.24) is 4.98 Å². The van der Waals surface area contributed by atoms with Gasteiger partial charge in [-0.2, -0.15) is 5.26 Å². The molecule has 0 fully saturated rings. The zero-order chi connectivity index (χ0) is 26.4. The molecule has 0 spiro atoms. The van der Waals surface area contributed by atoms with Crippen LogP contribution >= 0.6 is 11.8 Å². The van der Waals surface area contributed by atoms with Crippen LogP contribution in [0.3, 0.4) is 0 Å². The number of aryl methyl sites for hydroxylation is 2. The first-order valence-corrected chi connectivity index (χ1v) is 13.0. The first-order valence-electron chi connectivity index (χ1n) is 12.0. The maximum atomic E-state index is 12.7. The number of benzene rings is 3. The van der Waals surface area contributed by atoms with Crippen LogP contribution < -0.4 is 10.1 Å². The molecule has 0 unspecified atom stereocenters. The Bertz CT molecular complexity index is 1460. The number of anilines is 1. The molecule has 4 rings (SSSR count). The lowest BCUT2D eigenvalue weighted by atomic mass is 9.98. The zero-order valence-corrected chi connectivity index (χ0v) is 22.3. The third-order valence-corrected chi connectivity index (χ3v) is 7.27. The van der Waals surface area contributed by atoms with Gasteiger partial charge in [-0.25, -0.2) is 4.98 Å². The zero-order valence-electron chi connectivity index (χ0n) is 21.5. The van der Waals surface area contributed by atoms with E-state index in [4.69, 9.17) is 9.72 Å². The molecule has 0 aliphatic rings. The van der Waals surface area contributed by atoms with Gasteiger partial charge in [0.15, 0.2) is 0 Å². The second-order valence-corrected chi connectivity index (χ2v) is 9.92. The minimum Gasteiger partial charge on any atom is -0.497 e. The minimum absolute atomic E-state index is 0.0650. The van der Waals surface area contributed by atoms with Gasteiger partial charge in [-0.1, -0.05) is 42.0 Å². The number of thioether (sulfide) groups is 1. The molecule has 1 N–H and O–H groups in total. The highest BCUT2D eigenvalue weighted by Gasteiger charge is 2.17. The predicted molar refractivity (Wildman–Crippen MR) is 151 cm³/mol. The summed E-state index contributed by atoms with van der Waals surface area (Å²) in [6, 6.07) is 26.0. The molecule has 0 aliphatic carbocycles. The van der Waals surface area contributed by atoms with E-state index in [0.29, 0.717) is 22.8 Å². The van der Waals surface area contributed by atoms with E-state index >= 15 is 0 Å². The summed E-state index contributed by atoms with van der Waals surface area (Å²) in [5, 5.41) is 13.7. The Balaban J connectivity index is 1.62. The highest BCUT2D eigenvalue weighted by atomic mass is 32.2. The number of aromatic nitrogens is 1. The standard InChI is InChI=1S/C31H29N3O2S/c1-20-8-10-23(11-9-20)26-18-29(24-12-14-25(36-4)15-13-24)34-31(27(26)19-32)37-17-16-30(35)33-28-7-5-6-21(2)22(28)3/h5-15,18H,16-17H2,1-4H3,(H,33,35). The number of methoxy groups -OCH3 is 1. The molecule has 186 valence electrons. The number of nitriles is 1. The molecule has 1 amide bonds. The highest BCUT2D eigenvalue weighted by molar-refractivity contribution is 7.99. The summed E-state index contributed by atoms with van der Waals surface area (Å²) in [7, 11) is 1.63. The van der Waals surface area contributed by atoms with Crippen LogP contribution in [-0.4, -0.2) is 23.8 Å². The second kappa shape index (κ2) is 11.8. The summed E-state index contributed by atoms with van der Waals surface area (Å²) in [6.45, 7) is 6.06. The van der Waals surface area contributed by atoms with Crippen LogP contribution in [0.25, 0.3) is 22.4 Å². The summed E-state index contributed by atoms with van der Waals surface area (Å²) in [5.41, 5.74) is 8.15. The summed E-state index contributed by atoms with van der Waals surface area (Å²) < 4.78 is 5.30. The molecule has 1 heterocycles. The van der Waals surface area contributed by atoms with Crippen LogP contribution in [0.2, 0.25) is 0 Å². The number of nitrogens with one attached hydrogen (secondary N) is 1. The molecule has 0 radical (unpaired) electrons. The van der Waals surface area contributed by atoms with E-state index in [0.717, 1.165) is 50.5 Å². The largest absolute Gasteiger partial charge is 0.497 e. The lowest BCUT2D eigenvalue weighted by molar-refractivity contribution is -0.115. The fourth-order valence-electron chi connectivity index (χ4n) is 3.94. The Morgan fingerprint density at radius 3 is 2.38 bits per heavy atom. The average molecular weight is 508 g/mol. The molecule has 4 aromatic rings. The van der Waals surface area contributed by atoms with Crippen molar-refractivity contribution in [2.24, 2.45) is 0 Å². The quantitative estimate of drug-likeness (QED) is 0.253. The Morgan fingerprint density at radius 1 is 1.00 bits per heavy atom. The van der Waals surface area contributed by atoms with Gasteiger partial charge in [0.1, 0.15) is 16.8 Å². The van der Waals surface area contributed by atoms with Crippen LogP contribution in [0.15, 0.2) is 77.8 Å². The molecule has 0 saturated carbocycles. The molecule has 5 nitrogen and oxygen atoms in total. The predicted octanol–water partition coefficient (Wildman–Crippen LogP) is 7.34. The Labute approximate surface area is 222 Å². The molecule has 0 saturated heterocycles. The number of amides is 1. The number of hydrogen-bond donors (Lipinski definition) is 1. The normalized spacial score (nSPS) is 10.6. The van der Waals surface area contributed by atoms with Crippen LogP contribution in [0.5, 0.6) is 5.75 Å². The van der Waals surface area contributed by atoms with Crippen LogP contribution in [0.4, 0.5) is 5.69 Å². The number of rotatable bonds is 8. The lowest BCUT2D eigenvalue weighted by Gasteiger charge is -2.13. The fraction of sp³-hybridized carbons (Fsp3) is 0.194. The van der Waals surface area contributed by atoms with E-state index in [2.05, 4.69) is 11.4 Å². The molecular weight excluding hydrogens is 478 g/mol. The molecular formula is C31H29N3O2S. The number of ether oxygens (including phenoxy) is 1. The van der Waals surface area contributed by atoms with Crippen molar-refractivity contribution in [3.05, 3.63) is 95.1 Å². The highest BCUT2D eigenvalue weighted by Crippen LogP contribution is 2.35. The van der Waals surface area contributed by atoms with E-state index in [9.17, 15) is 10.1 Å². The summed E-state index contributed by atoms with van der Waals surface area (Å²) in [4.78, 5) is 17.5. The van der Waals surface area contributed by atoms with Crippen molar-refractivity contribution in [1.29, 1.82) is 5.26 Å². The SMILES string of the molecule is COc1ccc(-c2cc(-c3ccc(C)cc3)c(C#N)c(SCCC(=O)Nc3cccc(C)c3C)n2)cc1. The van der Waals surface area contributed by atoms with Gasteiger partial charge in [-0.3, -0.25) is 4.79 Å². The Morgan fingerprint density at radius 2 is 1.70 bits per heavy atom. The lowest BCUT2D eigenvalue weighted by Crippen LogP contribution is -2.13.